The maximum atomic E-state index is 3.55. The van der Waals surface area contributed by atoms with Crippen LogP contribution in [0.3, 0.4) is 0 Å². The van der Waals surface area contributed by atoms with Crippen LogP contribution in [0.15, 0.2) is 27.1 Å². The number of halogens is 3. The van der Waals surface area contributed by atoms with Crippen molar-refractivity contribution in [1.82, 2.24) is 5.32 Å². The molecule has 1 aliphatic rings. The molecule has 1 aliphatic heterocycles. The zero-order valence-corrected chi connectivity index (χ0v) is 12.3. The molecule has 1 aromatic carbocycles. The second kappa shape index (κ2) is 6.24. The van der Waals surface area contributed by atoms with Crippen molar-refractivity contribution < 1.29 is 0 Å². The van der Waals surface area contributed by atoms with E-state index in [9.17, 15) is 0 Å². The van der Waals surface area contributed by atoms with Crippen molar-refractivity contribution in [1.29, 1.82) is 0 Å². The maximum Gasteiger partial charge on any atom is 0.0320 e. The van der Waals surface area contributed by atoms with Crippen molar-refractivity contribution >= 4 is 44.3 Å². The number of piperidine rings is 1. The predicted octanol–water partition coefficient (Wildman–Crippen LogP) is 4.45. The van der Waals surface area contributed by atoms with E-state index in [1.165, 1.54) is 24.8 Å². The molecule has 0 spiro atoms. The van der Waals surface area contributed by atoms with Crippen molar-refractivity contribution in [2.75, 3.05) is 6.54 Å². The molecular weight excluding hydrogens is 341 g/mol. The molecule has 0 unspecified atom stereocenters. The van der Waals surface area contributed by atoms with Crippen LogP contribution in [0.1, 0.15) is 30.9 Å². The van der Waals surface area contributed by atoms with E-state index in [4.69, 9.17) is 0 Å². The van der Waals surface area contributed by atoms with E-state index in [2.05, 4.69) is 55.4 Å². The fourth-order valence-corrected chi connectivity index (χ4v) is 2.51. The van der Waals surface area contributed by atoms with Gasteiger partial charge in [0.15, 0.2) is 0 Å². The Balaban J connectivity index is 0.00000112. The molecule has 1 heterocycles. The highest BCUT2D eigenvalue weighted by Crippen LogP contribution is 2.29. The first-order chi connectivity index (χ1) is 6.77. The average Bonchev–Trinajstić information content (AvgIpc) is 2.23. The molecule has 1 fully saturated rings. The van der Waals surface area contributed by atoms with Crippen molar-refractivity contribution in [3.05, 3.63) is 32.7 Å². The third-order valence-corrected chi connectivity index (χ3v) is 4.54. The first kappa shape index (κ1) is 13.5. The van der Waals surface area contributed by atoms with Gasteiger partial charge in [0, 0.05) is 15.0 Å². The van der Waals surface area contributed by atoms with E-state index in [1.54, 1.807) is 0 Å². The summed E-state index contributed by atoms with van der Waals surface area (Å²) in [4.78, 5) is 0. The number of benzene rings is 1. The van der Waals surface area contributed by atoms with E-state index in [1.807, 2.05) is 0 Å². The van der Waals surface area contributed by atoms with Gasteiger partial charge in [-0.2, -0.15) is 0 Å². The number of hydrogen-bond acceptors (Lipinski definition) is 1. The molecule has 1 nitrogen and oxygen atoms in total. The molecule has 1 aromatic rings. The monoisotopic (exact) mass is 353 g/mol. The summed E-state index contributed by atoms with van der Waals surface area (Å²) in [5, 5.41) is 3.55. The number of hydrogen-bond donors (Lipinski definition) is 1. The Morgan fingerprint density at radius 3 is 2.53 bits per heavy atom. The fourth-order valence-electron chi connectivity index (χ4n) is 1.87. The third-order valence-electron chi connectivity index (χ3n) is 2.66. The van der Waals surface area contributed by atoms with E-state index in [0.29, 0.717) is 6.04 Å². The lowest BCUT2D eigenvalue weighted by atomic mass is 9.98. The fraction of sp³-hybridized carbons (Fsp3) is 0.455. The lowest BCUT2D eigenvalue weighted by molar-refractivity contribution is 0.412. The standard InChI is InChI=1S/C11H13Br2N.ClH/c12-9-5-4-8(7-10(9)13)11-3-1-2-6-14-11;/h4-5,7,11,14H,1-3,6H2;1H/t11-;/m0./s1. The van der Waals surface area contributed by atoms with Crippen LogP contribution in [0, 0.1) is 0 Å². The molecule has 4 heteroatoms. The van der Waals surface area contributed by atoms with Crippen molar-refractivity contribution in [2.45, 2.75) is 25.3 Å². The Kier molecular flexibility index (Phi) is 5.61. The Bertz CT molecular complexity index is 324. The van der Waals surface area contributed by atoms with Crippen LogP contribution >= 0.6 is 44.3 Å². The molecule has 0 saturated carbocycles. The highest BCUT2D eigenvalue weighted by molar-refractivity contribution is 9.13. The van der Waals surface area contributed by atoms with Gasteiger partial charge in [-0.25, -0.2) is 0 Å². The molecule has 0 bridgehead atoms. The summed E-state index contributed by atoms with van der Waals surface area (Å²) >= 11 is 7.02. The van der Waals surface area contributed by atoms with Gasteiger partial charge < -0.3 is 5.32 Å². The van der Waals surface area contributed by atoms with Crippen LogP contribution in [0.5, 0.6) is 0 Å². The smallest absolute Gasteiger partial charge is 0.0320 e. The SMILES string of the molecule is Brc1ccc([C@@H]2CCCCN2)cc1Br.Cl. The molecule has 0 amide bonds. The van der Waals surface area contributed by atoms with Crippen LogP contribution in [-0.4, -0.2) is 6.54 Å². The maximum absolute atomic E-state index is 3.55. The van der Waals surface area contributed by atoms with E-state index < -0.39 is 0 Å². The van der Waals surface area contributed by atoms with Crippen LogP contribution in [0.25, 0.3) is 0 Å². The Morgan fingerprint density at radius 1 is 1.13 bits per heavy atom. The molecular formula is C11H14Br2ClN. The minimum Gasteiger partial charge on any atom is -0.310 e. The van der Waals surface area contributed by atoms with Gasteiger partial charge in [0.1, 0.15) is 0 Å². The lowest BCUT2D eigenvalue weighted by Crippen LogP contribution is -2.26. The van der Waals surface area contributed by atoms with Crippen molar-refractivity contribution in [3.8, 4) is 0 Å². The van der Waals surface area contributed by atoms with Gasteiger partial charge in [-0.1, -0.05) is 12.5 Å². The molecule has 84 valence electrons. The van der Waals surface area contributed by atoms with Crippen molar-refractivity contribution in [2.24, 2.45) is 0 Å². The van der Waals surface area contributed by atoms with Crippen LogP contribution in [0.4, 0.5) is 0 Å². The van der Waals surface area contributed by atoms with Gasteiger partial charge in [0.2, 0.25) is 0 Å². The topological polar surface area (TPSA) is 12.0 Å². The summed E-state index contributed by atoms with van der Waals surface area (Å²) in [6, 6.07) is 7.05. The summed E-state index contributed by atoms with van der Waals surface area (Å²) < 4.78 is 2.26. The minimum atomic E-state index is 0. The van der Waals surface area contributed by atoms with Gasteiger partial charge in [-0.15, -0.1) is 12.4 Å². The van der Waals surface area contributed by atoms with Gasteiger partial charge in [0.05, 0.1) is 0 Å². The quantitative estimate of drug-likeness (QED) is 0.785. The second-order valence-corrected chi connectivity index (χ2v) is 5.38. The van der Waals surface area contributed by atoms with E-state index in [-0.39, 0.29) is 12.4 Å². The zero-order chi connectivity index (χ0) is 9.97. The molecule has 0 aromatic heterocycles. The molecule has 1 saturated heterocycles. The second-order valence-electron chi connectivity index (χ2n) is 3.68. The van der Waals surface area contributed by atoms with Gasteiger partial charge in [0.25, 0.3) is 0 Å². The molecule has 0 radical (unpaired) electrons. The third kappa shape index (κ3) is 3.45. The first-order valence-electron chi connectivity index (χ1n) is 4.96. The minimum absolute atomic E-state index is 0. The summed E-state index contributed by atoms with van der Waals surface area (Å²) in [7, 11) is 0. The summed E-state index contributed by atoms with van der Waals surface area (Å²) in [5.74, 6) is 0. The Labute approximate surface area is 114 Å². The molecule has 1 N–H and O–H groups in total. The van der Waals surface area contributed by atoms with Crippen molar-refractivity contribution in [3.63, 3.8) is 0 Å². The van der Waals surface area contributed by atoms with E-state index >= 15 is 0 Å². The Hall–Kier alpha value is 0.430. The van der Waals surface area contributed by atoms with Crippen LogP contribution in [-0.2, 0) is 0 Å². The summed E-state index contributed by atoms with van der Waals surface area (Å²) in [5.41, 5.74) is 1.39. The van der Waals surface area contributed by atoms with Crippen LogP contribution in [0.2, 0.25) is 0 Å². The van der Waals surface area contributed by atoms with Gasteiger partial charge >= 0.3 is 0 Å². The zero-order valence-electron chi connectivity index (χ0n) is 8.30. The molecule has 2 rings (SSSR count). The van der Waals surface area contributed by atoms with Gasteiger partial charge in [-0.05, 0) is 68.9 Å². The first-order valence-corrected chi connectivity index (χ1v) is 6.54. The molecule has 1 atom stereocenters. The summed E-state index contributed by atoms with van der Waals surface area (Å²) in [6.45, 7) is 1.15. The largest absolute Gasteiger partial charge is 0.310 e. The molecule has 15 heavy (non-hydrogen) atoms. The Morgan fingerprint density at radius 2 is 1.93 bits per heavy atom. The van der Waals surface area contributed by atoms with E-state index in [0.717, 1.165) is 15.5 Å². The number of rotatable bonds is 1. The highest BCUT2D eigenvalue weighted by Gasteiger charge is 2.14. The molecule has 0 aliphatic carbocycles. The lowest BCUT2D eigenvalue weighted by Gasteiger charge is -2.24. The highest BCUT2D eigenvalue weighted by atomic mass is 79.9. The predicted molar refractivity (Wildman–Crippen MR) is 73.7 cm³/mol. The normalized spacial score (nSPS) is 20.8. The number of nitrogens with one attached hydrogen (secondary N) is 1. The average molecular weight is 356 g/mol. The van der Waals surface area contributed by atoms with Gasteiger partial charge in [-0.3, -0.25) is 0 Å². The van der Waals surface area contributed by atoms with Crippen LogP contribution < -0.4 is 5.32 Å². The summed E-state index contributed by atoms with van der Waals surface area (Å²) in [6.07, 6.45) is 3.91.